The molecule has 2 heterocycles. The molecule has 178 valence electrons. The third kappa shape index (κ3) is 7.86. The van der Waals surface area contributed by atoms with Crippen LogP contribution in [0.3, 0.4) is 0 Å². The van der Waals surface area contributed by atoms with E-state index in [0.29, 0.717) is 36.1 Å². The minimum absolute atomic E-state index is 0.186. The van der Waals surface area contributed by atoms with Gasteiger partial charge in [-0.3, -0.25) is 0 Å². The molecule has 0 spiro atoms. The zero-order valence-corrected chi connectivity index (χ0v) is 22.6. The van der Waals surface area contributed by atoms with Gasteiger partial charge in [-0.15, -0.1) is 0 Å². The third-order valence-corrected chi connectivity index (χ3v) is 6.90. The summed E-state index contributed by atoms with van der Waals surface area (Å²) in [6.07, 6.45) is 0.609. The average Bonchev–Trinajstić information content (AvgIpc) is 2.99. The van der Waals surface area contributed by atoms with Crippen molar-refractivity contribution in [2.75, 3.05) is 18.5 Å². The molecule has 0 saturated heterocycles. The number of ether oxygens (including phenoxy) is 1. The molecule has 32 heavy (non-hydrogen) atoms. The highest BCUT2D eigenvalue weighted by Crippen LogP contribution is 2.33. The first-order valence-corrected chi connectivity index (χ1v) is 15.2. The smallest absolute Gasteiger partial charge is 0.404 e. The SMILES string of the molecule is CC(CNc1nccc(-c2c(Br)nc(C(C)(C)C)n2COCC[Si](C)(C)C)n1)NC(=O)O. The van der Waals surface area contributed by atoms with E-state index in [1.54, 1.807) is 13.1 Å². The Morgan fingerprint density at radius 2 is 2.00 bits per heavy atom. The van der Waals surface area contributed by atoms with E-state index in [9.17, 15) is 4.79 Å². The monoisotopic (exact) mass is 526 g/mol. The summed E-state index contributed by atoms with van der Waals surface area (Å²) in [6.45, 7) is 16.6. The molecular formula is C21H35BrN6O3Si. The number of nitrogens with one attached hydrogen (secondary N) is 2. The van der Waals surface area contributed by atoms with Crippen LogP contribution >= 0.6 is 15.9 Å². The van der Waals surface area contributed by atoms with Crippen LogP contribution in [-0.2, 0) is 16.9 Å². The Balaban J connectivity index is 2.29. The molecule has 11 heteroatoms. The van der Waals surface area contributed by atoms with Crippen LogP contribution in [0.1, 0.15) is 33.5 Å². The molecule has 1 unspecified atom stereocenters. The van der Waals surface area contributed by atoms with E-state index < -0.39 is 14.2 Å². The zero-order valence-electron chi connectivity index (χ0n) is 20.0. The first kappa shape index (κ1) is 26.3. The number of rotatable bonds is 10. The van der Waals surface area contributed by atoms with Crippen LogP contribution < -0.4 is 10.6 Å². The van der Waals surface area contributed by atoms with Crippen molar-refractivity contribution in [2.24, 2.45) is 0 Å². The standard InChI is InChI=1S/C21H35BrN6O3Si/c1-14(25-20(29)30)12-24-19-23-9-8-15(26-19)16-17(22)27-18(21(2,3)4)28(16)13-31-10-11-32(5,6)7/h8-9,14,25H,10-13H2,1-7H3,(H,29,30)(H,23,24,26). The fraction of sp³-hybridized carbons (Fsp3) is 0.619. The van der Waals surface area contributed by atoms with Gasteiger partial charge in [0, 0.05) is 38.9 Å². The maximum Gasteiger partial charge on any atom is 0.404 e. The first-order chi connectivity index (χ1) is 14.8. The Labute approximate surface area is 199 Å². The summed E-state index contributed by atoms with van der Waals surface area (Å²) < 4.78 is 8.83. The number of carboxylic acid groups (broad SMARTS) is 1. The number of halogens is 1. The molecule has 0 aliphatic rings. The van der Waals surface area contributed by atoms with Crippen molar-refractivity contribution in [1.82, 2.24) is 24.8 Å². The predicted molar refractivity (Wildman–Crippen MR) is 133 cm³/mol. The molecule has 0 saturated carbocycles. The van der Waals surface area contributed by atoms with E-state index in [1.807, 2.05) is 6.07 Å². The van der Waals surface area contributed by atoms with Gasteiger partial charge in [-0.2, -0.15) is 0 Å². The summed E-state index contributed by atoms with van der Waals surface area (Å²) in [4.78, 5) is 24.5. The largest absolute Gasteiger partial charge is 0.465 e. The van der Waals surface area contributed by atoms with Crippen molar-refractivity contribution in [2.45, 2.75) is 71.6 Å². The quantitative estimate of drug-likeness (QED) is 0.301. The first-order valence-electron chi connectivity index (χ1n) is 10.7. The van der Waals surface area contributed by atoms with Crippen molar-refractivity contribution >= 4 is 36.0 Å². The molecule has 9 nitrogen and oxygen atoms in total. The van der Waals surface area contributed by atoms with E-state index in [4.69, 9.17) is 14.8 Å². The Morgan fingerprint density at radius 1 is 1.31 bits per heavy atom. The van der Waals surface area contributed by atoms with Crippen molar-refractivity contribution in [3.05, 3.63) is 22.7 Å². The van der Waals surface area contributed by atoms with Gasteiger partial charge in [0.2, 0.25) is 5.95 Å². The minimum Gasteiger partial charge on any atom is -0.465 e. The normalized spacial score (nSPS) is 13.1. The Kier molecular flexibility index (Phi) is 8.83. The van der Waals surface area contributed by atoms with Gasteiger partial charge in [-0.1, -0.05) is 40.4 Å². The van der Waals surface area contributed by atoms with Crippen LogP contribution in [-0.4, -0.2) is 58.0 Å². The Morgan fingerprint density at radius 3 is 2.59 bits per heavy atom. The second kappa shape index (κ2) is 10.8. The van der Waals surface area contributed by atoms with Crippen LogP contribution in [0.25, 0.3) is 11.4 Å². The molecule has 2 rings (SSSR count). The summed E-state index contributed by atoms with van der Waals surface area (Å²) in [5.74, 6) is 1.32. The van der Waals surface area contributed by atoms with Crippen molar-refractivity contribution in [3.63, 3.8) is 0 Å². The molecule has 0 bridgehead atoms. The average molecular weight is 528 g/mol. The number of hydrogen-bond donors (Lipinski definition) is 3. The molecular weight excluding hydrogens is 492 g/mol. The highest BCUT2D eigenvalue weighted by Gasteiger charge is 2.27. The van der Waals surface area contributed by atoms with E-state index in [2.05, 4.69) is 81.5 Å². The number of anilines is 1. The molecule has 0 aliphatic carbocycles. The fourth-order valence-electron chi connectivity index (χ4n) is 2.98. The number of nitrogens with zero attached hydrogens (tertiary/aromatic N) is 4. The maximum atomic E-state index is 10.8. The molecule has 2 aromatic heterocycles. The summed E-state index contributed by atoms with van der Waals surface area (Å²) in [6, 6.07) is 2.63. The van der Waals surface area contributed by atoms with Gasteiger partial charge in [0.1, 0.15) is 22.9 Å². The van der Waals surface area contributed by atoms with Gasteiger partial charge in [-0.25, -0.2) is 19.7 Å². The van der Waals surface area contributed by atoms with Gasteiger partial charge < -0.3 is 25.0 Å². The Hall–Kier alpha value is -1.98. The molecule has 2 aromatic rings. The highest BCUT2D eigenvalue weighted by atomic mass is 79.9. The molecule has 1 amide bonds. The number of aromatic nitrogens is 4. The number of carbonyl (C=O) groups is 1. The highest BCUT2D eigenvalue weighted by molar-refractivity contribution is 9.10. The van der Waals surface area contributed by atoms with E-state index >= 15 is 0 Å². The van der Waals surface area contributed by atoms with Crippen molar-refractivity contribution in [1.29, 1.82) is 0 Å². The van der Waals surface area contributed by atoms with E-state index in [0.717, 1.165) is 17.6 Å². The second-order valence-corrected chi connectivity index (χ2v) is 16.5. The van der Waals surface area contributed by atoms with Gasteiger partial charge in [-0.05, 0) is 35.0 Å². The van der Waals surface area contributed by atoms with Crippen LogP contribution in [0.4, 0.5) is 10.7 Å². The third-order valence-electron chi connectivity index (χ3n) is 4.65. The topological polar surface area (TPSA) is 114 Å². The number of imidazole rings is 1. The summed E-state index contributed by atoms with van der Waals surface area (Å²) in [5.41, 5.74) is 1.34. The van der Waals surface area contributed by atoms with Gasteiger partial charge in [0.05, 0.1) is 5.69 Å². The Bertz CT molecular complexity index is 923. The lowest BCUT2D eigenvalue weighted by molar-refractivity contribution is 0.0841. The van der Waals surface area contributed by atoms with E-state index in [-0.39, 0.29) is 11.5 Å². The fourth-order valence-corrected chi connectivity index (χ4v) is 4.32. The molecule has 0 radical (unpaired) electrons. The molecule has 3 N–H and O–H groups in total. The summed E-state index contributed by atoms with van der Waals surface area (Å²) in [7, 11) is -1.18. The zero-order chi connectivity index (χ0) is 24.1. The molecule has 0 fully saturated rings. The van der Waals surface area contributed by atoms with Crippen LogP contribution in [0.2, 0.25) is 25.7 Å². The van der Waals surface area contributed by atoms with Crippen molar-refractivity contribution < 1.29 is 14.6 Å². The maximum absolute atomic E-state index is 10.8. The number of amides is 1. The van der Waals surface area contributed by atoms with Crippen molar-refractivity contribution in [3.8, 4) is 11.4 Å². The second-order valence-electron chi connectivity index (χ2n) is 10.1. The molecule has 0 aliphatic heterocycles. The molecule has 1 atom stereocenters. The van der Waals surface area contributed by atoms with Gasteiger partial charge in [0.15, 0.2) is 0 Å². The van der Waals surface area contributed by atoms with E-state index in [1.165, 1.54) is 0 Å². The van der Waals surface area contributed by atoms with Crippen LogP contribution in [0, 0.1) is 0 Å². The number of hydrogen-bond acceptors (Lipinski definition) is 6. The lowest BCUT2D eigenvalue weighted by atomic mass is 9.96. The van der Waals surface area contributed by atoms with Crippen LogP contribution in [0.5, 0.6) is 0 Å². The molecule has 0 aromatic carbocycles. The summed E-state index contributed by atoms with van der Waals surface area (Å²) >= 11 is 3.62. The van der Waals surface area contributed by atoms with Crippen LogP contribution in [0.15, 0.2) is 16.9 Å². The lowest BCUT2D eigenvalue weighted by Gasteiger charge is -2.22. The minimum atomic E-state index is -1.18. The lowest BCUT2D eigenvalue weighted by Crippen LogP contribution is -2.36. The van der Waals surface area contributed by atoms with Gasteiger partial charge >= 0.3 is 6.09 Å². The van der Waals surface area contributed by atoms with Gasteiger partial charge in [0.25, 0.3) is 0 Å². The predicted octanol–water partition coefficient (Wildman–Crippen LogP) is 4.78. The summed E-state index contributed by atoms with van der Waals surface area (Å²) in [5, 5.41) is 14.3.